The van der Waals surface area contributed by atoms with Crippen LogP contribution in [-0.2, 0) is 0 Å². The molecule has 0 spiro atoms. The number of nitrogens with zero attached hydrogens (tertiary/aromatic N) is 2. The molecule has 0 saturated heterocycles. The lowest BCUT2D eigenvalue weighted by Crippen LogP contribution is -2.15. The van der Waals surface area contributed by atoms with Crippen molar-refractivity contribution in [3.8, 4) is 0 Å². The molecule has 0 aromatic heterocycles. The van der Waals surface area contributed by atoms with Gasteiger partial charge in [-0.25, -0.2) is 4.99 Å². The van der Waals surface area contributed by atoms with Gasteiger partial charge in [-0.1, -0.05) is 6.92 Å². The van der Waals surface area contributed by atoms with Crippen LogP contribution in [0.5, 0.6) is 0 Å². The minimum absolute atomic E-state index is 0.424. The van der Waals surface area contributed by atoms with Crippen LogP contribution < -0.4 is 0 Å². The standard InChI is InChI=1S/C6H10N2/c1-5-3-7-4-8-6(5)2/h3-6H,1-2H3/t5-,6?/m1/s1. The van der Waals surface area contributed by atoms with Gasteiger partial charge in [0.15, 0.2) is 0 Å². The largest absolute Gasteiger partial charge is 0.270 e. The lowest BCUT2D eigenvalue weighted by molar-refractivity contribution is 0.620. The summed E-state index contributed by atoms with van der Waals surface area (Å²) in [5.41, 5.74) is 0. The lowest BCUT2D eigenvalue weighted by Gasteiger charge is -2.12. The molecule has 0 aromatic carbocycles. The van der Waals surface area contributed by atoms with Crippen LogP contribution in [-0.4, -0.2) is 18.6 Å². The van der Waals surface area contributed by atoms with Crippen LogP contribution in [0.4, 0.5) is 0 Å². The van der Waals surface area contributed by atoms with Crippen molar-refractivity contribution in [2.24, 2.45) is 15.9 Å². The number of aliphatic imine (C=N–C) groups is 2. The van der Waals surface area contributed by atoms with Crippen LogP contribution >= 0.6 is 0 Å². The molecule has 1 aliphatic rings. The van der Waals surface area contributed by atoms with E-state index in [4.69, 9.17) is 0 Å². The van der Waals surface area contributed by atoms with Gasteiger partial charge in [0, 0.05) is 12.1 Å². The summed E-state index contributed by atoms with van der Waals surface area (Å²) < 4.78 is 0. The first-order valence-electron chi connectivity index (χ1n) is 2.85. The van der Waals surface area contributed by atoms with Crippen molar-refractivity contribution in [3.05, 3.63) is 0 Å². The maximum atomic E-state index is 4.09. The molecule has 0 aliphatic carbocycles. The summed E-state index contributed by atoms with van der Waals surface area (Å²) in [7, 11) is 0. The van der Waals surface area contributed by atoms with E-state index >= 15 is 0 Å². The monoisotopic (exact) mass is 110 g/mol. The third-order valence-corrected chi connectivity index (χ3v) is 1.45. The van der Waals surface area contributed by atoms with E-state index in [1.54, 1.807) is 6.34 Å². The summed E-state index contributed by atoms with van der Waals surface area (Å²) in [5.74, 6) is 0.514. The first-order valence-corrected chi connectivity index (χ1v) is 2.85. The molecule has 0 saturated carbocycles. The van der Waals surface area contributed by atoms with Gasteiger partial charge in [0.05, 0.1) is 6.04 Å². The third kappa shape index (κ3) is 0.941. The predicted molar refractivity (Wildman–Crippen MR) is 35.6 cm³/mol. The third-order valence-electron chi connectivity index (χ3n) is 1.45. The van der Waals surface area contributed by atoms with Gasteiger partial charge in [-0.3, -0.25) is 4.99 Å². The van der Waals surface area contributed by atoms with Gasteiger partial charge in [0.25, 0.3) is 0 Å². The van der Waals surface area contributed by atoms with E-state index in [0.717, 1.165) is 0 Å². The van der Waals surface area contributed by atoms with E-state index in [0.29, 0.717) is 12.0 Å². The second-order valence-electron chi connectivity index (χ2n) is 2.16. The molecule has 0 amide bonds. The van der Waals surface area contributed by atoms with Gasteiger partial charge in [0.2, 0.25) is 0 Å². The van der Waals surface area contributed by atoms with E-state index in [2.05, 4.69) is 23.8 Å². The minimum Gasteiger partial charge on any atom is -0.270 e. The van der Waals surface area contributed by atoms with Crippen LogP contribution in [0.2, 0.25) is 0 Å². The van der Waals surface area contributed by atoms with Crippen molar-refractivity contribution in [2.45, 2.75) is 19.9 Å². The number of rotatable bonds is 0. The Morgan fingerprint density at radius 1 is 1.38 bits per heavy atom. The molecule has 0 bridgehead atoms. The van der Waals surface area contributed by atoms with Crippen molar-refractivity contribution in [1.82, 2.24) is 0 Å². The van der Waals surface area contributed by atoms with Crippen molar-refractivity contribution in [2.75, 3.05) is 0 Å². The van der Waals surface area contributed by atoms with Crippen LogP contribution in [0.3, 0.4) is 0 Å². The van der Waals surface area contributed by atoms with E-state index in [1.807, 2.05) is 6.21 Å². The molecule has 8 heavy (non-hydrogen) atoms. The molecular weight excluding hydrogens is 100 g/mol. The van der Waals surface area contributed by atoms with Crippen molar-refractivity contribution in [1.29, 1.82) is 0 Å². The van der Waals surface area contributed by atoms with Crippen LogP contribution in [0.1, 0.15) is 13.8 Å². The fraction of sp³-hybridized carbons (Fsp3) is 0.667. The van der Waals surface area contributed by atoms with Gasteiger partial charge < -0.3 is 0 Å². The topological polar surface area (TPSA) is 24.7 Å². The molecule has 2 atom stereocenters. The molecule has 44 valence electrons. The Balaban J connectivity index is 2.59. The molecular formula is C6H10N2. The summed E-state index contributed by atoms with van der Waals surface area (Å²) in [4.78, 5) is 7.98. The molecule has 1 unspecified atom stereocenters. The zero-order valence-corrected chi connectivity index (χ0v) is 5.20. The average molecular weight is 110 g/mol. The van der Waals surface area contributed by atoms with Gasteiger partial charge in [-0.2, -0.15) is 0 Å². The van der Waals surface area contributed by atoms with E-state index in [-0.39, 0.29) is 0 Å². The minimum atomic E-state index is 0.424. The highest BCUT2D eigenvalue weighted by Gasteiger charge is 2.08. The van der Waals surface area contributed by atoms with E-state index < -0.39 is 0 Å². The van der Waals surface area contributed by atoms with Crippen molar-refractivity contribution in [3.63, 3.8) is 0 Å². The normalized spacial score (nSPS) is 35.8. The predicted octanol–water partition coefficient (Wildman–Crippen LogP) is 1.12. The Kier molecular flexibility index (Phi) is 1.42. The Bertz CT molecular complexity index is 110. The zero-order chi connectivity index (χ0) is 5.98. The molecule has 0 N–H and O–H groups in total. The van der Waals surface area contributed by atoms with Gasteiger partial charge >= 0.3 is 0 Å². The van der Waals surface area contributed by atoms with Crippen LogP contribution in [0.15, 0.2) is 9.98 Å². The highest BCUT2D eigenvalue weighted by Crippen LogP contribution is 2.05. The van der Waals surface area contributed by atoms with Gasteiger partial charge in [0.1, 0.15) is 6.34 Å². The maximum Gasteiger partial charge on any atom is 0.109 e. The Hall–Kier alpha value is -0.660. The van der Waals surface area contributed by atoms with Crippen LogP contribution in [0.25, 0.3) is 0 Å². The summed E-state index contributed by atoms with van der Waals surface area (Å²) in [6, 6.07) is 0.424. The average Bonchev–Trinajstić information content (AvgIpc) is 1.77. The Morgan fingerprint density at radius 2 is 2.12 bits per heavy atom. The Labute approximate surface area is 49.3 Å². The summed E-state index contributed by atoms with van der Waals surface area (Å²) >= 11 is 0. The molecule has 1 aliphatic heterocycles. The first kappa shape index (κ1) is 5.48. The van der Waals surface area contributed by atoms with Gasteiger partial charge in [-0.05, 0) is 6.92 Å². The number of hydrogen-bond acceptors (Lipinski definition) is 2. The maximum absolute atomic E-state index is 4.09. The second-order valence-corrected chi connectivity index (χ2v) is 2.16. The molecule has 1 heterocycles. The molecule has 2 heteroatoms. The zero-order valence-electron chi connectivity index (χ0n) is 5.20. The van der Waals surface area contributed by atoms with Crippen molar-refractivity contribution >= 4 is 12.6 Å². The van der Waals surface area contributed by atoms with E-state index in [9.17, 15) is 0 Å². The second kappa shape index (κ2) is 2.07. The highest BCUT2D eigenvalue weighted by molar-refractivity contribution is 5.76. The number of hydrogen-bond donors (Lipinski definition) is 0. The molecule has 1 rings (SSSR count). The van der Waals surface area contributed by atoms with Gasteiger partial charge in [-0.15, -0.1) is 0 Å². The summed E-state index contributed by atoms with van der Waals surface area (Å²) in [5, 5.41) is 0. The summed E-state index contributed by atoms with van der Waals surface area (Å²) in [6.07, 6.45) is 3.54. The van der Waals surface area contributed by atoms with E-state index in [1.165, 1.54) is 0 Å². The summed E-state index contributed by atoms with van der Waals surface area (Å²) in [6.45, 7) is 4.21. The fourth-order valence-corrected chi connectivity index (χ4v) is 0.578. The highest BCUT2D eigenvalue weighted by atomic mass is 14.9. The fourth-order valence-electron chi connectivity index (χ4n) is 0.578. The van der Waals surface area contributed by atoms with Crippen molar-refractivity contribution < 1.29 is 0 Å². The SMILES string of the molecule is CC1N=CN=C[C@H]1C. The smallest absolute Gasteiger partial charge is 0.109 e. The van der Waals surface area contributed by atoms with Crippen LogP contribution in [0, 0.1) is 5.92 Å². The first-order chi connectivity index (χ1) is 3.80. The molecule has 2 nitrogen and oxygen atoms in total. The molecule has 0 radical (unpaired) electrons. The Morgan fingerprint density at radius 3 is 2.50 bits per heavy atom. The lowest BCUT2D eigenvalue weighted by atomic mass is 10.1. The molecule has 0 fully saturated rings. The molecule has 0 aromatic rings. The quantitative estimate of drug-likeness (QED) is 0.446.